The van der Waals surface area contributed by atoms with Gasteiger partial charge in [-0.25, -0.2) is 0 Å². The van der Waals surface area contributed by atoms with Gasteiger partial charge in [0.2, 0.25) is 0 Å². The highest BCUT2D eigenvalue weighted by Gasteiger charge is 2.11. The summed E-state index contributed by atoms with van der Waals surface area (Å²) in [4.78, 5) is 2.48. The van der Waals surface area contributed by atoms with Crippen LogP contribution in [-0.4, -0.2) is 13.1 Å². The van der Waals surface area contributed by atoms with Crippen LogP contribution in [0, 0.1) is 0 Å². The molecule has 0 atom stereocenters. The number of rotatable bonds is 3. The number of nitrogens with zero attached hydrogens (tertiary/aromatic N) is 1. The van der Waals surface area contributed by atoms with Gasteiger partial charge in [-0.3, -0.25) is 0 Å². The molecule has 18 heavy (non-hydrogen) atoms. The van der Waals surface area contributed by atoms with Crippen molar-refractivity contribution in [3.8, 4) is 0 Å². The van der Waals surface area contributed by atoms with Gasteiger partial charge in [0.25, 0.3) is 0 Å². The van der Waals surface area contributed by atoms with Crippen LogP contribution in [0.4, 0.5) is 5.69 Å². The lowest BCUT2D eigenvalue weighted by Crippen LogP contribution is -2.17. The molecule has 3 rings (SSSR count). The van der Waals surface area contributed by atoms with Gasteiger partial charge in [0.1, 0.15) is 0 Å². The van der Waals surface area contributed by atoms with E-state index in [0.717, 1.165) is 6.42 Å². The van der Waals surface area contributed by atoms with E-state index in [1.165, 1.54) is 42.7 Å². The van der Waals surface area contributed by atoms with Crippen molar-refractivity contribution in [1.29, 1.82) is 0 Å². The molecule has 0 radical (unpaired) electrons. The van der Waals surface area contributed by atoms with Crippen molar-refractivity contribution in [2.45, 2.75) is 19.3 Å². The zero-order valence-corrected chi connectivity index (χ0v) is 10.7. The van der Waals surface area contributed by atoms with E-state index in [9.17, 15) is 0 Å². The highest BCUT2D eigenvalue weighted by atomic mass is 15.1. The van der Waals surface area contributed by atoms with Crippen molar-refractivity contribution in [2.75, 3.05) is 18.0 Å². The Morgan fingerprint density at radius 2 is 1.33 bits per heavy atom. The monoisotopic (exact) mass is 237 g/mol. The van der Waals surface area contributed by atoms with Crippen molar-refractivity contribution in [3.63, 3.8) is 0 Å². The number of anilines is 1. The van der Waals surface area contributed by atoms with Crippen molar-refractivity contribution in [2.24, 2.45) is 0 Å². The van der Waals surface area contributed by atoms with E-state index in [2.05, 4.69) is 59.5 Å². The minimum atomic E-state index is 1.03. The Hall–Kier alpha value is -1.76. The van der Waals surface area contributed by atoms with Crippen LogP contribution < -0.4 is 4.90 Å². The molecule has 0 N–H and O–H groups in total. The van der Waals surface area contributed by atoms with Crippen molar-refractivity contribution >= 4 is 5.69 Å². The van der Waals surface area contributed by atoms with Crippen molar-refractivity contribution in [1.82, 2.24) is 0 Å². The molecule has 92 valence electrons. The third-order valence-electron chi connectivity index (χ3n) is 3.66. The number of hydrogen-bond acceptors (Lipinski definition) is 1. The minimum Gasteiger partial charge on any atom is -0.372 e. The summed E-state index contributed by atoms with van der Waals surface area (Å²) in [6.07, 6.45) is 3.71. The minimum absolute atomic E-state index is 1.03. The maximum absolute atomic E-state index is 2.48. The van der Waals surface area contributed by atoms with Gasteiger partial charge in [-0.05, 0) is 42.5 Å². The maximum atomic E-state index is 2.48. The van der Waals surface area contributed by atoms with Gasteiger partial charge < -0.3 is 4.90 Å². The normalized spacial score (nSPS) is 15.0. The fourth-order valence-electron chi connectivity index (χ4n) is 2.63. The molecular weight excluding hydrogens is 218 g/mol. The molecule has 0 amide bonds. The Morgan fingerprint density at radius 1 is 0.722 bits per heavy atom. The first kappa shape index (κ1) is 11.3. The largest absolute Gasteiger partial charge is 0.372 e. The predicted octanol–water partition coefficient (Wildman–Crippen LogP) is 3.88. The average Bonchev–Trinajstić information content (AvgIpc) is 2.95. The first-order valence-corrected chi connectivity index (χ1v) is 6.80. The second kappa shape index (κ2) is 5.26. The van der Waals surface area contributed by atoms with E-state index in [4.69, 9.17) is 0 Å². The van der Waals surface area contributed by atoms with E-state index < -0.39 is 0 Å². The predicted molar refractivity (Wildman–Crippen MR) is 77.1 cm³/mol. The summed E-state index contributed by atoms with van der Waals surface area (Å²) in [7, 11) is 0. The zero-order chi connectivity index (χ0) is 12.2. The lowest BCUT2D eigenvalue weighted by Gasteiger charge is -2.17. The van der Waals surface area contributed by atoms with Gasteiger partial charge >= 0.3 is 0 Å². The van der Waals surface area contributed by atoms with E-state index in [0.29, 0.717) is 0 Å². The fourth-order valence-corrected chi connectivity index (χ4v) is 2.63. The standard InChI is InChI=1S/C17H19N/c1-2-6-15(7-3-1)14-16-8-10-17(11-9-16)18-12-4-5-13-18/h1-3,6-11H,4-5,12-14H2. The highest BCUT2D eigenvalue weighted by molar-refractivity contribution is 5.48. The summed E-state index contributed by atoms with van der Waals surface area (Å²) in [5.74, 6) is 0. The maximum Gasteiger partial charge on any atom is 0.0366 e. The molecule has 1 aliphatic rings. The van der Waals surface area contributed by atoms with Crippen LogP contribution >= 0.6 is 0 Å². The molecule has 1 heterocycles. The second-order valence-electron chi connectivity index (χ2n) is 5.02. The molecule has 1 saturated heterocycles. The molecule has 1 nitrogen and oxygen atoms in total. The molecule has 0 bridgehead atoms. The van der Waals surface area contributed by atoms with Crippen LogP contribution in [0.3, 0.4) is 0 Å². The summed E-state index contributed by atoms with van der Waals surface area (Å²) in [5, 5.41) is 0. The third-order valence-corrected chi connectivity index (χ3v) is 3.66. The second-order valence-corrected chi connectivity index (χ2v) is 5.02. The molecule has 0 unspecified atom stereocenters. The summed E-state index contributed by atoms with van der Waals surface area (Å²) in [6, 6.07) is 19.7. The van der Waals surface area contributed by atoms with Gasteiger partial charge in [-0.15, -0.1) is 0 Å². The smallest absolute Gasteiger partial charge is 0.0366 e. The molecule has 0 aromatic heterocycles. The first-order valence-electron chi connectivity index (χ1n) is 6.80. The SMILES string of the molecule is c1ccc(Cc2ccc(N3CCCC3)cc2)cc1. The van der Waals surface area contributed by atoms with E-state index in [-0.39, 0.29) is 0 Å². The van der Waals surface area contributed by atoms with Crippen LogP contribution in [-0.2, 0) is 6.42 Å². The summed E-state index contributed by atoms with van der Waals surface area (Å²) in [6.45, 7) is 2.44. The van der Waals surface area contributed by atoms with E-state index in [1.54, 1.807) is 0 Å². The van der Waals surface area contributed by atoms with Gasteiger partial charge in [-0.2, -0.15) is 0 Å². The molecule has 1 aliphatic heterocycles. The van der Waals surface area contributed by atoms with Gasteiger partial charge in [0.05, 0.1) is 0 Å². The molecule has 2 aromatic rings. The van der Waals surface area contributed by atoms with E-state index in [1.807, 2.05) is 0 Å². The Balaban J connectivity index is 1.71. The van der Waals surface area contributed by atoms with Crippen LogP contribution in [0.15, 0.2) is 54.6 Å². The molecule has 2 aromatic carbocycles. The zero-order valence-electron chi connectivity index (χ0n) is 10.7. The van der Waals surface area contributed by atoms with Gasteiger partial charge in [0.15, 0.2) is 0 Å². The van der Waals surface area contributed by atoms with E-state index >= 15 is 0 Å². The van der Waals surface area contributed by atoms with Crippen LogP contribution in [0.2, 0.25) is 0 Å². The quantitative estimate of drug-likeness (QED) is 0.783. The molecule has 1 fully saturated rings. The Morgan fingerprint density at radius 3 is 2.00 bits per heavy atom. The number of benzene rings is 2. The summed E-state index contributed by atoms with van der Waals surface area (Å²) >= 11 is 0. The molecule has 0 saturated carbocycles. The van der Waals surface area contributed by atoms with Crippen LogP contribution in [0.5, 0.6) is 0 Å². The average molecular weight is 237 g/mol. The van der Waals surface area contributed by atoms with Crippen molar-refractivity contribution < 1.29 is 0 Å². The Kier molecular flexibility index (Phi) is 3.31. The number of hydrogen-bond donors (Lipinski definition) is 0. The Labute approximate surface area is 109 Å². The summed E-state index contributed by atoms with van der Waals surface area (Å²) in [5.41, 5.74) is 4.15. The first-order chi connectivity index (χ1) is 8.92. The molecule has 0 aliphatic carbocycles. The van der Waals surface area contributed by atoms with Crippen LogP contribution in [0.1, 0.15) is 24.0 Å². The molecule has 1 heteroatoms. The molecular formula is C17H19N. The van der Waals surface area contributed by atoms with Crippen LogP contribution in [0.25, 0.3) is 0 Å². The van der Waals surface area contributed by atoms with Gasteiger partial charge in [-0.1, -0.05) is 42.5 Å². The fraction of sp³-hybridized carbons (Fsp3) is 0.294. The topological polar surface area (TPSA) is 3.24 Å². The third kappa shape index (κ3) is 2.56. The molecule has 0 spiro atoms. The van der Waals surface area contributed by atoms with Gasteiger partial charge in [0, 0.05) is 18.8 Å². The highest BCUT2D eigenvalue weighted by Crippen LogP contribution is 2.21. The van der Waals surface area contributed by atoms with Crippen molar-refractivity contribution in [3.05, 3.63) is 65.7 Å². The lowest BCUT2D eigenvalue weighted by atomic mass is 10.0. The Bertz CT molecular complexity index is 481. The lowest BCUT2D eigenvalue weighted by molar-refractivity contribution is 0.949. The summed E-state index contributed by atoms with van der Waals surface area (Å²) < 4.78 is 0.